The minimum Gasteiger partial charge on any atom is -0.726 e. The number of carbonyl (C=O) groups excluding carboxylic acids is 1. The van der Waals surface area contributed by atoms with Crippen LogP contribution in [0.25, 0.3) is 0 Å². The van der Waals surface area contributed by atoms with Crippen molar-refractivity contribution in [3.05, 3.63) is 0 Å². The van der Waals surface area contributed by atoms with Crippen LogP contribution >= 0.6 is 0 Å². The van der Waals surface area contributed by atoms with Crippen LogP contribution in [0, 0.1) is 0 Å². The number of nitrogens with zero attached hydrogens (tertiary/aromatic N) is 1. The first-order valence-corrected chi connectivity index (χ1v) is 14.8. The smallest absolute Gasteiger partial charge is 0.305 e. The molecule has 206 valence electrons. The first kappa shape index (κ1) is 35.5. The van der Waals surface area contributed by atoms with E-state index in [1.807, 2.05) is 0 Å². The second-order valence-electron chi connectivity index (χ2n) is 10.2. The van der Waals surface area contributed by atoms with Gasteiger partial charge in [0.2, 0.25) is 10.4 Å². The molecule has 0 fully saturated rings. The molecule has 0 saturated heterocycles. The van der Waals surface area contributed by atoms with Gasteiger partial charge >= 0.3 is 5.97 Å². The Labute approximate surface area is 211 Å². The van der Waals surface area contributed by atoms with E-state index in [-0.39, 0.29) is 5.97 Å². The molecule has 0 atom stereocenters. The van der Waals surface area contributed by atoms with Crippen molar-refractivity contribution in [3.8, 4) is 0 Å². The molecule has 0 aliphatic heterocycles. The van der Waals surface area contributed by atoms with E-state index in [2.05, 4.69) is 32.2 Å². The Balaban J connectivity index is 0. The molecule has 0 N–H and O–H groups in total. The quantitative estimate of drug-likeness (QED) is 0.0553. The van der Waals surface area contributed by atoms with Gasteiger partial charge in [-0.2, -0.15) is 0 Å². The van der Waals surface area contributed by atoms with Gasteiger partial charge in [-0.3, -0.25) is 8.98 Å². The highest BCUT2D eigenvalue weighted by Crippen LogP contribution is 2.14. The van der Waals surface area contributed by atoms with Gasteiger partial charge < -0.3 is 13.8 Å². The zero-order chi connectivity index (χ0) is 26.1. The van der Waals surface area contributed by atoms with Crippen LogP contribution in [0.1, 0.15) is 122 Å². The number of ether oxygens (including phenoxy) is 1. The van der Waals surface area contributed by atoms with Crippen molar-refractivity contribution in [2.24, 2.45) is 0 Å². The van der Waals surface area contributed by atoms with Crippen molar-refractivity contribution in [1.82, 2.24) is 0 Å². The molecule has 0 aromatic heterocycles. The maximum Gasteiger partial charge on any atom is 0.305 e. The second kappa shape index (κ2) is 24.0. The molecule has 7 nitrogen and oxygen atoms in total. The molecular weight excluding hydrogens is 454 g/mol. The van der Waals surface area contributed by atoms with Crippen LogP contribution in [0.2, 0.25) is 0 Å². The van der Waals surface area contributed by atoms with Gasteiger partial charge in [0.1, 0.15) is 13.2 Å². The summed E-state index contributed by atoms with van der Waals surface area (Å²) in [6, 6.07) is 0. The summed E-state index contributed by atoms with van der Waals surface area (Å²) in [6.07, 6.45) is 23.8. The Kier molecular flexibility index (Phi) is 25.0. The molecule has 0 bridgehead atoms. The normalized spacial score (nSPS) is 11.7. The average molecular weight is 510 g/mol. The summed E-state index contributed by atoms with van der Waals surface area (Å²) in [5, 5.41) is 0. The number of esters is 1. The van der Waals surface area contributed by atoms with Crippen LogP contribution in [0.5, 0.6) is 0 Å². The van der Waals surface area contributed by atoms with E-state index in [1.165, 1.54) is 103 Å². The van der Waals surface area contributed by atoms with E-state index in [0.29, 0.717) is 13.0 Å². The number of hydrogen-bond acceptors (Lipinski definition) is 6. The molecule has 0 rings (SSSR count). The topological polar surface area (TPSA) is 92.7 Å². The lowest BCUT2D eigenvalue weighted by Crippen LogP contribution is -2.37. The van der Waals surface area contributed by atoms with Crippen LogP contribution in [0.3, 0.4) is 0 Å². The predicted octanol–water partition coefficient (Wildman–Crippen LogP) is 6.37. The summed E-state index contributed by atoms with van der Waals surface area (Å²) in [4.78, 5) is 11.7. The Hall–Kier alpha value is -0.700. The first-order chi connectivity index (χ1) is 16.0. The van der Waals surface area contributed by atoms with Gasteiger partial charge in [0, 0.05) is 6.42 Å². The molecule has 0 saturated carbocycles. The average Bonchev–Trinajstić information content (AvgIpc) is 2.75. The number of unbranched alkanes of at least 4 members (excludes halogenated alkanes) is 16. The van der Waals surface area contributed by atoms with Gasteiger partial charge in [-0.1, -0.05) is 110 Å². The highest BCUT2D eigenvalue weighted by molar-refractivity contribution is 7.80. The van der Waals surface area contributed by atoms with Crippen LogP contribution in [-0.4, -0.2) is 64.8 Å². The lowest BCUT2D eigenvalue weighted by Gasteiger charge is -2.23. The Morgan fingerprint density at radius 3 is 1.32 bits per heavy atom. The summed E-state index contributed by atoms with van der Waals surface area (Å²) in [6.45, 7) is 3.71. The van der Waals surface area contributed by atoms with Gasteiger partial charge in [-0.05, 0) is 6.42 Å². The standard InChI is InChI=1S/C25H52NO2.CH4O4S/c1-5-6-7-8-9-10-11-12-13-14-15-16-17-18-19-20-21-22-25(27)28-24-23-26(2,3)4;1-5-6(2,3)4/h5-24H2,1-4H3;1H3,(H,2,3,4)/q+1;/p-1. The molecule has 0 radical (unpaired) electrons. The number of hydrogen-bond donors (Lipinski definition) is 0. The monoisotopic (exact) mass is 509 g/mol. The Bertz CT molecular complexity index is 546. The molecule has 8 heteroatoms. The number of rotatable bonds is 22. The lowest BCUT2D eigenvalue weighted by atomic mass is 10.0. The van der Waals surface area contributed by atoms with E-state index in [0.717, 1.165) is 24.6 Å². The van der Waals surface area contributed by atoms with Crippen LogP contribution in [0.15, 0.2) is 0 Å². The van der Waals surface area contributed by atoms with Crippen LogP contribution < -0.4 is 0 Å². The molecule has 0 unspecified atom stereocenters. The molecule has 0 spiro atoms. The highest BCUT2D eigenvalue weighted by Gasteiger charge is 2.09. The summed E-state index contributed by atoms with van der Waals surface area (Å²) in [5.41, 5.74) is 0. The molecular formula is C26H55NO6S. The third kappa shape index (κ3) is 35.9. The van der Waals surface area contributed by atoms with E-state index >= 15 is 0 Å². The zero-order valence-electron chi connectivity index (χ0n) is 22.9. The van der Waals surface area contributed by atoms with Crippen molar-refractivity contribution >= 4 is 16.4 Å². The molecule has 0 amide bonds. The SMILES string of the molecule is CCCCCCCCCCCCCCCCCCCC(=O)OCC[N+](C)(C)C.COS(=O)(=O)[O-]. The minimum atomic E-state index is -4.41. The van der Waals surface area contributed by atoms with Crippen molar-refractivity contribution in [2.75, 3.05) is 41.4 Å². The maximum absolute atomic E-state index is 11.7. The fourth-order valence-electron chi connectivity index (χ4n) is 3.50. The van der Waals surface area contributed by atoms with Crippen LogP contribution in [-0.2, 0) is 24.1 Å². The second-order valence-corrected chi connectivity index (χ2v) is 11.4. The Morgan fingerprint density at radius 2 is 1.03 bits per heavy atom. The third-order valence-electron chi connectivity index (χ3n) is 5.71. The van der Waals surface area contributed by atoms with Gasteiger partial charge in [-0.15, -0.1) is 0 Å². The number of carbonyl (C=O) groups is 1. The predicted molar refractivity (Wildman–Crippen MR) is 139 cm³/mol. The van der Waals surface area contributed by atoms with E-state index < -0.39 is 10.4 Å². The van der Waals surface area contributed by atoms with Gasteiger partial charge in [-0.25, -0.2) is 8.42 Å². The van der Waals surface area contributed by atoms with Crippen molar-refractivity contribution in [2.45, 2.75) is 122 Å². The third-order valence-corrected chi connectivity index (χ3v) is 6.12. The summed E-state index contributed by atoms with van der Waals surface area (Å²) >= 11 is 0. The van der Waals surface area contributed by atoms with E-state index in [4.69, 9.17) is 4.74 Å². The van der Waals surface area contributed by atoms with Crippen molar-refractivity contribution in [1.29, 1.82) is 0 Å². The Morgan fingerprint density at radius 1 is 0.706 bits per heavy atom. The molecule has 0 aromatic rings. The summed E-state index contributed by atoms with van der Waals surface area (Å²) in [7, 11) is 2.74. The maximum atomic E-state index is 11.7. The summed E-state index contributed by atoms with van der Waals surface area (Å²) < 4.78 is 37.2. The van der Waals surface area contributed by atoms with Crippen LogP contribution in [0.4, 0.5) is 0 Å². The molecule has 0 aromatic carbocycles. The van der Waals surface area contributed by atoms with Gasteiger partial charge in [0.05, 0.1) is 28.3 Å². The number of likely N-dealkylation sites (N-methyl/N-ethyl adjacent to an activating group) is 1. The fourth-order valence-corrected chi connectivity index (χ4v) is 3.50. The highest BCUT2D eigenvalue weighted by atomic mass is 32.3. The number of quaternary nitrogens is 1. The minimum absolute atomic E-state index is 0.0191. The van der Waals surface area contributed by atoms with E-state index in [9.17, 15) is 17.8 Å². The fraction of sp³-hybridized carbons (Fsp3) is 0.962. The zero-order valence-corrected chi connectivity index (χ0v) is 23.8. The van der Waals surface area contributed by atoms with E-state index in [1.54, 1.807) is 0 Å². The van der Waals surface area contributed by atoms with Gasteiger partial charge in [0.25, 0.3) is 0 Å². The molecule has 0 aliphatic rings. The lowest BCUT2D eigenvalue weighted by molar-refractivity contribution is -0.870. The molecule has 0 heterocycles. The largest absolute Gasteiger partial charge is 0.726 e. The summed E-state index contributed by atoms with van der Waals surface area (Å²) in [5.74, 6) is -0.0191. The van der Waals surface area contributed by atoms with Gasteiger partial charge in [0.15, 0.2) is 0 Å². The van der Waals surface area contributed by atoms with Crippen molar-refractivity contribution < 1.29 is 31.2 Å². The first-order valence-electron chi connectivity index (χ1n) is 13.5. The van der Waals surface area contributed by atoms with Crippen molar-refractivity contribution in [3.63, 3.8) is 0 Å². The molecule has 34 heavy (non-hydrogen) atoms. The molecule has 0 aliphatic carbocycles.